The van der Waals surface area contributed by atoms with Crippen molar-refractivity contribution in [1.82, 2.24) is 9.62 Å². The predicted octanol–water partition coefficient (Wildman–Crippen LogP) is 4.09. The first kappa shape index (κ1) is 20.8. The Morgan fingerprint density at radius 3 is 2.29 bits per heavy atom. The summed E-state index contributed by atoms with van der Waals surface area (Å²) < 4.78 is 26.5. The van der Waals surface area contributed by atoms with Gasteiger partial charge in [-0.25, -0.2) is 12.7 Å². The van der Waals surface area contributed by atoms with Crippen LogP contribution >= 0.6 is 11.6 Å². The molecule has 2 aromatic rings. The monoisotopic (exact) mass is 420 g/mol. The van der Waals surface area contributed by atoms with Crippen LogP contribution in [0.5, 0.6) is 0 Å². The number of carbonyl (C=O) groups is 1. The van der Waals surface area contributed by atoms with Gasteiger partial charge in [-0.3, -0.25) is 4.79 Å². The number of nitrogens with zero attached hydrogens (tertiary/aromatic N) is 1. The molecule has 28 heavy (non-hydrogen) atoms. The Kier molecular flexibility index (Phi) is 5.84. The van der Waals surface area contributed by atoms with Crippen molar-refractivity contribution in [3.05, 3.63) is 63.7 Å². The van der Waals surface area contributed by atoms with E-state index < -0.39 is 10.0 Å². The van der Waals surface area contributed by atoms with Crippen molar-refractivity contribution in [1.29, 1.82) is 0 Å². The third-order valence-electron chi connectivity index (χ3n) is 5.25. The summed E-state index contributed by atoms with van der Waals surface area (Å²) in [7, 11) is -0.664. The Hall–Kier alpha value is -1.89. The number of hydrogen-bond acceptors (Lipinski definition) is 3. The second-order valence-electron chi connectivity index (χ2n) is 7.54. The van der Waals surface area contributed by atoms with Gasteiger partial charge in [-0.05, 0) is 73.6 Å². The number of benzene rings is 2. The van der Waals surface area contributed by atoms with Gasteiger partial charge in [0.1, 0.15) is 0 Å². The first-order chi connectivity index (χ1) is 13.1. The molecule has 0 aromatic heterocycles. The topological polar surface area (TPSA) is 66.5 Å². The standard InChI is InChI=1S/C21H25ClN2O3S/c1-13-11-17(12-19(14(13)2)28(26,27)24(3)4)21(25)23-20(15-5-6-15)16-7-9-18(22)10-8-16/h7-12,15,20H,5-6H2,1-4H3,(H,23,25)/t20-/m1/s1. The fourth-order valence-electron chi connectivity index (χ4n) is 3.22. The van der Waals surface area contributed by atoms with E-state index in [-0.39, 0.29) is 16.8 Å². The van der Waals surface area contributed by atoms with E-state index in [1.807, 2.05) is 31.2 Å². The lowest BCUT2D eigenvalue weighted by Gasteiger charge is -2.20. The van der Waals surface area contributed by atoms with Crippen molar-refractivity contribution < 1.29 is 13.2 Å². The minimum absolute atomic E-state index is 0.111. The van der Waals surface area contributed by atoms with E-state index in [9.17, 15) is 13.2 Å². The van der Waals surface area contributed by atoms with Gasteiger partial charge in [0.2, 0.25) is 10.0 Å². The lowest BCUT2D eigenvalue weighted by molar-refractivity contribution is 0.0931. The molecule has 7 heteroatoms. The number of hydrogen-bond donors (Lipinski definition) is 1. The maximum atomic E-state index is 13.0. The molecule has 0 bridgehead atoms. The van der Waals surface area contributed by atoms with Crippen LogP contribution < -0.4 is 5.32 Å². The molecule has 0 aliphatic heterocycles. The average molecular weight is 421 g/mol. The molecule has 3 rings (SSSR count). The van der Waals surface area contributed by atoms with Crippen molar-refractivity contribution in [2.24, 2.45) is 5.92 Å². The van der Waals surface area contributed by atoms with Gasteiger partial charge in [-0.1, -0.05) is 23.7 Å². The molecule has 5 nitrogen and oxygen atoms in total. The molecule has 0 heterocycles. The van der Waals surface area contributed by atoms with Crippen LogP contribution in [0.2, 0.25) is 5.02 Å². The van der Waals surface area contributed by atoms with E-state index in [0.29, 0.717) is 22.1 Å². The van der Waals surface area contributed by atoms with Crippen LogP contribution in [-0.4, -0.2) is 32.7 Å². The largest absolute Gasteiger partial charge is 0.345 e. The number of halogens is 1. The van der Waals surface area contributed by atoms with Crippen molar-refractivity contribution in [2.75, 3.05) is 14.1 Å². The maximum absolute atomic E-state index is 13.0. The first-order valence-electron chi connectivity index (χ1n) is 9.21. The highest BCUT2D eigenvalue weighted by molar-refractivity contribution is 7.89. The lowest BCUT2D eigenvalue weighted by atomic mass is 10.0. The van der Waals surface area contributed by atoms with E-state index >= 15 is 0 Å². The fraction of sp³-hybridized carbons (Fsp3) is 0.381. The van der Waals surface area contributed by atoms with Crippen LogP contribution in [0, 0.1) is 19.8 Å². The van der Waals surface area contributed by atoms with Gasteiger partial charge >= 0.3 is 0 Å². The van der Waals surface area contributed by atoms with Crippen molar-refractivity contribution in [3.63, 3.8) is 0 Å². The molecule has 1 saturated carbocycles. The van der Waals surface area contributed by atoms with Crippen molar-refractivity contribution in [3.8, 4) is 0 Å². The molecule has 1 fully saturated rings. The smallest absolute Gasteiger partial charge is 0.251 e. The summed E-state index contributed by atoms with van der Waals surface area (Å²) in [6, 6.07) is 10.6. The second kappa shape index (κ2) is 7.85. The normalized spacial score (nSPS) is 15.5. The second-order valence-corrected chi connectivity index (χ2v) is 10.1. The fourth-order valence-corrected chi connectivity index (χ4v) is 4.56. The van der Waals surface area contributed by atoms with E-state index in [2.05, 4.69) is 5.32 Å². The molecular formula is C21H25ClN2O3S. The van der Waals surface area contributed by atoms with Gasteiger partial charge in [-0.15, -0.1) is 0 Å². The number of rotatable bonds is 6. The molecule has 1 N–H and O–H groups in total. The average Bonchev–Trinajstić information content (AvgIpc) is 3.47. The Labute approximate surface area is 171 Å². The van der Waals surface area contributed by atoms with Crippen LogP contribution in [0.4, 0.5) is 0 Å². The van der Waals surface area contributed by atoms with Gasteiger partial charge < -0.3 is 5.32 Å². The summed E-state index contributed by atoms with van der Waals surface area (Å²) in [4.78, 5) is 13.2. The quantitative estimate of drug-likeness (QED) is 0.765. The third kappa shape index (κ3) is 4.24. The molecule has 0 saturated heterocycles. The molecule has 1 amide bonds. The van der Waals surface area contributed by atoms with E-state index in [0.717, 1.165) is 28.3 Å². The molecule has 1 aliphatic carbocycles. The molecule has 2 aromatic carbocycles. The van der Waals surface area contributed by atoms with Gasteiger partial charge in [-0.2, -0.15) is 0 Å². The molecule has 0 unspecified atom stereocenters. The van der Waals surface area contributed by atoms with E-state index in [4.69, 9.17) is 11.6 Å². The Morgan fingerprint density at radius 1 is 1.14 bits per heavy atom. The minimum Gasteiger partial charge on any atom is -0.345 e. The highest BCUT2D eigenvalue weighted by atomic mass is 35.5. The molecule has 1 aliphatic rings. The number of sulfonamides is 1. The van der Waals surface area contributed by atoms with Gasteiger partial charge in [0.15, 0.2) is 0 Å². The van der Waals surface area contributed by atoms with Crippen LogP contribution in [0.25, 0.3) is 0 Å². The molecule has 0 radical (unpaired) electrons. The molecule has 0 spiro atoms. The van der Waals surface area contributed by atoms with Crippen LogP contribution in [-0.2, 0) is 10.0 Å². The number of carbonyl (C=O) groups excluding carboxylic acids is 1. The van der Waals surface area contributed by atoms with Crippen LogP contribution in [0.3, 0.4) is 0 Å². The maximum Gasteiger partial charge on any atom is 0.251 e. The summed E-state index contributed by atoms with van der Waals surface area (Å²) >= 11 is 5.98. The summed E-state index contributed by atoms with van der Waals surface area (Å²) in [5, 5.41) is 3.75. The first-order valence-corrected chi connectivity index (χ1v) is 11.0. The summed E-state index contributed by atoms with van der Waals surface area (Å²) in [6.45, 7) is 3.58. The highest BCUT2D eigenvalue weighted by Crippen LogP contribution is 2.41. The molecule has 150 valence electrons. The van der Waals surface area contributed by atoms with Crippen LogP contribution in [0.1, 0.15) is 45.9 Å². The zero-order chi connectivity index (χ0) is 20.6. The minimum atomic E-state index is -3.64. The summed E-state index contributed by atoms with van der Waals surface area (Å²) in [5.41, 5.74) is 2.78. The predicted molar refractivity (Wildman–Crippen MR) is 111 cm³/mol. The number of amides is 1. The van der Waals surface area contributed by atoms with E-state index in [1.165, 1.54) is 20.2 Å². The Balaban J connectivity index is 1.93. The Morgan fingerprint density at radius 2 is 1.75 bits per heavy atom. The summed E-state index contributed by atoms with van der Waals surface area (Å²) in [6.07, 6.45) is 2.11. The third-order valence-corrected chi connectivity index (χ3v) is 7.44. The zero-order valence-electron chi connectivity index (χ0n) is 16.5. The molecular weight excluding hydrogens is 396 g/mol. The SMILES string of the molecule is Cc1cc(C(=O)N[C@@H](c2ccc(Cl)cc2)C2CC2)cc(S(=O)(=O)N(C)C)c1C. The number of nitrogens with one attached hydrogen (secondary N) is 1. The van der Waals surface area contributed by atoms with Crippen LogP contribution in [0.15, 0.2) is 41.3 Å². The lowest BCUT2D eigenvalue weighted by Crippen LogP contribution is -2.30. The van der Waals surface area contributed by atoms with Gasteiger partial charge in [0.05, 0.1) is 10.9 Å². The van der Waals surface area contributed by atoms with Crippen molar-refractivity contribution >= 4 is 27.5 Å². The summed E-state index contributed by atoms with van der Waals surface area (Å²) in [5.74, 6) is 0.117. The van der Waals surface area contributed by atoms with E-state index in [1.54, 1.807) is 13.0 Å². The highest BCUT2D eigenvalue weighted by Gasteiger charge is 2.34. The van der Waals surface area contributed by atoms with Crippen molar-refractivity contribution in [2.45, 2.75) is 37.6 Å². The Bertz CT molecular complexity index is 997. The zero-order valence-corrected chi connectivity index (χ0v) is 18.1. The van der Waals surface area contributed by atoms with Gasteiger partial charge in [0, 0.05) is 24.7 Å². The molecule has 1 atom stereocenters. The number of aryl methyl sites for hydroxylation is 1. The van der Waals surface area contributed by atoms with Gasteiger partial charge in [0.25, 0.3) is 5.91 Å².